The smallest absolute Gasteiger partial charge is 0.276 e. The van der Waals surface area contributed by atoms with Gasteiger partial charge >= 0.3 is 0 Å². The number of carbonyl (C=O) groups excluding carboxylic acids is 1. The fourth-order valence-electron chi connectivity index (χ4n) is 0.833. The predicted octanol–water partition coefficient (Wildman–Crippen LogP) is -0.930. The summed E-state index contributed by atoms with van der Waals surface area (Å²) in [5.41, 5.74) is 2.70. The molecule has 0 bridgehead atoms. The molecular weight excluding hydrogens is 172 g/mol. The number of rotatable bonds is 4. The Bertz CT molecular complexity index is 236. The first kappa shape index (κ1) is 9.76. The second kappa shape index (κ2) is 5.34. The summed E-state index contributed by atoms with van der Waals surface area (Å²) < 4.78 is 0. The highest BCUT2D eigenvalue weighted by atomic mass is 16.7. The number of hydrogen-bond acceptors (Lipinski definition) is 4. The highest BCUT2D eigenvalue weighted by Crippen LogP contribution is 1.98. The Morgan fingerprint density at radius 1 is 1.77 bits per heavy atom. The van der Waals surface area contributed by atoms with Crippen LogP contribution in [0, 0.1) is 0 Å². The van der Waals surface area contributed by atoms with E-state index in [1.165, 1.54) is 0 Å². The highest BCUT2D eigenvalue weighted by Gasteiger charge is 2.07. The van der Waals surface area contributed by atoms with Crippen molar-refractivity contribution in [1.82, 2.24) is 10.8 Å². The first-order valence-corrected chi connectivity index (χ1v) is 3.97. The van der Waals surface area contributed by atoms with Crippen molar-refractivity contribution in [3.63, 3.8) is 0 Å². The zero-order valence-electron chi connectivity index (χ0n) is 7.12. The summed E-state index contributed by atoms with van der Waals surface area (Å²) in [5, 5.41) is 11.3. The number of nitrogens with one attached hydrogen (secondary N) is 2. The minimum atomic E-state index is -0.322. The van der Waals surface area contributed by atoms with Crippen LogP contribution in [0.4, 0.5) is 0 Å². The maximum absolute atomic E-state index is 11.2. The lowest BCUT2D eigenvalue weighted by Gasteiger charge is -2.08. The summed E-state index contributed by atoms with van der Waals surface area (Å²) in [4.78, 5) is 15.8. The van der Waals surface area contributed by atoms with E-state index in [0.717, 1.165) is 6.54 Å². The van der Waals surface area contributed by atoms with Crippen molar-refractivity contribution in [3.8, 4) is 0 Å². The van der Waals surface area contributed by atoms with Crippen molar-refractivity contribution in [2.75, 3.05) is 19.8 Å². The molecular formula is C8H12N2O3. The molecule has 0 unspecified atom stereocenters. The molecule has 72 valence electrons. The molecule has 5 nitrogen and oxygen atoms in total. The molecule has 0 radical (unpaired) electrons. The SMILES string of the molecule is O=C(NOCCO)C1=CNCC=C1. The molecule has 0 aromatic carbocycles. The number of dihydropyridines is 1. The molecule has 1 heterocycles. The van der Waals surface area contributed by atoms with Crippen molar-refractivity contribution in [1.29, 1.82) is 0 Å². The first-order valence-electron chi connectivity index (χ1n) is 3.97. The number of amides is 1. The maximum Gasteiger partial charge on any atom is 0.276 e. The summed E-state index contributed by atoms with van der Waals surface area (Å²) in [6.07, 6.45) is 5.15. The molecule has 0 aromatic rings. The lowest BCUT2D eigenvalue weighted by Crippen LogP contribution is -2.28. The van der Waals surface area contributed by atoms with Crippen molar-refractivity contribution >= 4 is 5.91 Å². The van der Waals surface area contributed by atoms with E-state index in [1.54, 1.807) is 12.3 Å². The summed E-state index contributed by atoms with van der Waals surface area (Å²) >= 11 is 0. The Kier molecular flexibility index (Phi) is 4.01. The van der Waals surface area contributed by atoms with Crippen LogP contribution in [0.15, 0.2) is 23.9 Å². The lowest BCUT2D eigenvalue weighted by molar-refractivity contribution is -0.129. The molecule has 0 fully saturated rings. The van der Waals surface area contributed by atoms with Crippen LogP contribution in [-0.2, 0) is 9.63 Å². The van der Waals surface area contributed by atoms with Gasteiger partial charge in [0.1, 0.15) is 0 Å². The van der Waals surface area contributed by atoms with E-state index in [9.17, 15) is 4.79 Å². The third-order valence-corrected chi connectivity index (χ3v) is 1.41. The number of hydroxylamine groups is 1. The van der Waals surface area contributed by atoms with Gasteiger partial charge in [0.25, 0.3) is 5.91 Å². The Morgan fingerprint density at radius 2 is 2.62 bits per heavy atom. The summed E-state index contributed by atoms with van der Waals surface area (Å²) in [7, 11) is 0. The molecule has 1 amide bonds. The fraction of sp³-hybridized carbons (Fsp3) is 0.375. The van der Waals surface area contributed by atoms with Gasteiger partial charge in [0.05, 0.1) is 18.8 Å². The minimum Gasteiger partial charge on any atom is -0.394 e. The van der Waals surface area contributed by atoms with Gasteiger partial charge in [0.2, 0.25) is 0 Å². The zero-order chi connectivity index (χ0) is 9.52. The first-order chi connectivity index (χ1) is 6.34. The Morgan fingerprint density at radius 3 is 3.23 bits per heavy atom. The Labute approximate surface area is 76.0 Å². The van der Waals surface area contributed by atoms with E-state index in [0.29, 0.717) is 5.57 Å². The van der Waals surface area contributed by atoms with Gasteiger partial charge in [-0.1, -0.05) is 12.2 Å². The van der Waals surface area contributed by atoms with Gasteiger partial charge in [-0.25, -0.2) is 5.48 Å². The van der Waals surface area contributed by atoms with Gasteiger partial charge in [-0.15, -0.1) is 0 Å². The molecule has 0 spiro atoms. The quantitative estimate of drug-likeness (QED) is 0.390. The fourth-order valence-corrected chi connectivity index (χ4v) is 0.833. The van der Waals surface area contributed by atoms with Crippen molar-refractivity contribution in [2.24, 2.45) is 0 Å². The number of aliphatic hydroxyl groups excluding tert-OH is 1. The number of carbonyl (C=O) groups is 1. The Balaban J connectivity index is 2.30. The zero-order valence-corrected chi connectivity index (χ0v) is 7.12. The van der Waals surface area contributed by atoms with Gasteiger partial charge in [0.15, 0.2) is 0 Å². The monoisotopic (exact) mass is 184 g/mol. The molecule has 0 saturated heterocycles. The molecule has 1 aliphatic rings. The van der Waals surface area contributed by atoms with Crippen LogP contribution < -0.4 is 10.8 Å². The van der Waals surface area contributed by atoms with E-state index in [-0.39, 0.29) is 19.1 Å². The average Bonchev–Trinajstić information content (AvgIpc) is 2.19. The topological polar surface area (TPSA) is 70.6 Å². The van der Waals surface area contributed by atoms with E-state index in [4.69, 9.17) is 5.11 Å². The van der Waals surface area contributed by atoms with Crippen LogP contribution in [0.25, 0.3) is 0 Å². The van der Waals surface area contributed by atoms with Crippen molar-refractivity contribution in [2.45, 2.75) is 0 Å². The lowest BCUT2D eigenvalue weighted by atomic mass is 10.2. The third-order valence-electron chi connectivity index (χ3n) is 1.41. The van der Waals surface area contributed by atoms with Gasteiger partial charge in [-0.3, -0.25) is 9.63 Å². The standard InChI is InChI=1S/C8H12N2O3/c11-4-5-13-10-8(12)7-2-1-3-9-6-7/h1-2,6,9,11H,3-5H2,(H,10,12). The molecule has 13 heavy (non-hydrogen) atoms. The van der Waals surface area contributed by atoms with E-state index < -0.39 is 0 Å². The minimum absolute atomic E-state index is 0.0934. The second-order valence-corrected chi connectivity index (χ2v) is 2.41. The van der Waals surface area contributed by atoms with Crippen LogP contribution in [0.1, 0.15) is 0 Å². The molecule has 5 heteroatoms. The van der Waals surface area contributed by atoms with Crippen molar-refractivity contribution < 1.29 is 14.7 Å². The maximum atomic E-state index is 11.2. The number of hydrogen-bond donors (Lipinski definition) is 3. The van der Waals surface area contributed by atoms with Crippen LogP contribution in [0.3, 0.4) is 0 Å². The largest absolute Gasteiger partial charge is 0.394 e. The van der Waals surface area contributed by atoms with Gasteiger partial charge < -0.3 is 10.4 Å². The third kappa shape index (κ3) is 3.27. The van der Waals surface area contributed by atoms with Gasteiger partial charge in [-0.2, -0.15) is 0 Å². The summed E-state index contributed by atoms with van der Waals surface area (Å²) in [6.45, 7) is 0.706. The van der Waals surface area contributed by atoms with Gasteiger partial charge in [0, 0.05) is 12.7 Å². The van der Waals surface area contributed by atoms with E-state index in [2.05, 4.69) is 15.6 Å². The summed E-state index contributed by atoms with van der Waals surface area (Å²) in [5.74, 6) is -0.322. The predicted molar refractivity (Wildman–Crippen MR) is 46.4 cm³/mol. The second-order valence-electron chi connectivity index (χ2n) is 2.41. The molecule has 1 aliphatic heterocycles. The highest BCUT2D eigenvalue weighted by molar-refractivity contribution is 5.95. The molecule has 0 saturated carbocycles. The Hall–Kier alpha value is -1.33. The van der Waals surface area contributed by atoms with E-state index >= 15 is 0 Å². The van der Waals surface area contributed by atoms with Crippen LogP contribution in [-0.4, -0.2) is 30.8 Å². The molecule has 3 N–H and O–H groups in total. The van der Waals surface area contributed by atoms with Crippen LogP contribution in [0.2, 0.25) is 0 Å². The van der Waals surface area contributed by atoms with E-state index in [1.807, 2.05) is 6.08 Å². The molecule has 1 rings (SSSR count). The molecule has 0 aliphatic carbocycles. The van der Waals surface area contributed by atoms with Crippen molar-refractivity contribution in [3.05, 3.63) is 23.9 Å². The molecule has 0 aromatic heterocycles. The normalized spacial score (nSPS) is 14.7. The number of aliphatic hydroxyl groups is 1. The summed E-state index contributed by atoms with van der Waals surface area (Å²) in [6, 6.07) is 0. The van der Waals surface area contributed by atoms with Crippen LogP contribution in [0.5, 0.6) is 0 Å². The average molecular weight is 184 g/mol. The van der Waals surface area contributed by atoms with Crippen LogP contribution >= 0.6 is 0 Å². The molecule has 0 atom stereocenters. The van der Waals surface area contributed by atoms with Gasteiger partial charge in [-0.05, 0) is 0 Å².